The number of rotatable bonds is 7. The summed E-state index contributed by atoms with van der Waals surface area (Å²) in [5.74, 6) is 0. The van der Waals surface area contributed by atoms with Crippen LogP contribution in [0, 0.1) is 0 Å². The zero-order chi connectivity index (χ0) is 9.07. The molecule has 0 unspecified atom stereocenters. The van der Waals surface area contributed by atoms with Gasteiger partial charge in [-0.15, -0.1) is 0 Å². The molecular weight excluding hydrogens is 148 g/mol. The van der Waals surface area contributed by atoms with Crippen molar-refractivity contribution < 1.29 is 4.79 Å². The Balaban J connectivity index is 3.13. The smallest absolute Gasteiger partial charge is 0.225 e. The maximum Gasteiger partial charge on any atom is 0.225 e. The molecular formula is C11H17O. The maximum absolute atomic E-state index is 9.73. The zero-order valence-corrected chi connectivity index (χ0v) is 7.75. The molecule has 0 saturated heterocycles. The van der Waals surface area contributed by atoms with Crippen LogP contribution in [-0.4, -0.2) is 6.29 Å². The fraction of sp³-hybridized carbons (Fsp3) is 0.545. The van der Waals surface area contributed by atoms with Crippen LogP contribution in [0.3, 0.4) is 0 Å². The van der Waals surface area contributed by atoms with Crippen LogP contribution in [-0.2, 0) is 4.79 Å². The molecule has 0 aromatic rings. The van der Waals surface area contributed by atoms with Crippen molar-refractivity contribution in [2.45, 2.75) is 39.0 Å². The molecule has 0 aliphatic rings. The van der Waals surface area contributed by atoms with Gasteiger partial charge in [0, 0.05) is 0 Å². The van der Waals surface area contributed by atoms with Crippen LogP contribution in [0.15, 0.2) is 24.3 Å². The van der Waals surface area contributed by atoms with Crippen molar-refractivity contribution in [1.29, 1.82) is 0 Å². The summed E-state index contributed by atoms with van der Waals surface area (Å²) in [6.07, 6.45) is 15.1. The monoisotopic (exact) mass is 165 g/mol. The van der Waals surface area contributed by atoms with Crippen molar-refractivity contribution in [2.24, 2.45) is 0 Å². The Morgan fingerprint density at radius 3 is 2.67 bits per heavy atom. The summed E-state index contributed by atoms with van der Waals surface area (Å²) in [5, 5.41) is 0. The Morgan fingerprint density at radius 2 is 2.00 bits per heavy atom. The predicted octanol–water partition coefficient (Wildman–Crippen LogP) is 3.18. The molecule has 0 saturated carbocycles. The number of carbonyl (C=O) groups excluding carboxylic acids is 1. The van der Waals surface area contributed by atoms with Crippen molar-refractivity contribution in [3.05, 3.63) is 24.3 Å². The molecule has 1 nitrogen and oxygen atoms in total. The van der Waals surface area contributed by atoms with E-state index >= 15 is 0 Å². The van der Waals surface area contributed by atoms with Gasteiger partial charge in [-0.1, -0.05) is 44.4 Å². The summed E-state index contributed by atoms with van der Waals surface area (Å²) in [4.78, 5) is 9.73. The van der Waals surface area contributed by atoms with E-state index in [1.165, 1.54) is 31.8 Å². The molecule has 0 aliphatic carbocycles. The summed E-state index contributed by atoms with van der Waals surface area (Å²) >= 11 is 0. The molecule has 67 valence electrons. The van der Waals surface area contributed by atoms with Crippen LogP contribution < -0.4 is 0 Å². The van der Waals surface area contributed by atoms with E-state index in [-0.39, 0.29) is 0 Å². The highest BCUT2D eigenvalue weighted by Crippen LogP contribution is 2.02. The molecule has 0 heterocycles. The first-order valence-electron chi connectivity index (χ1n) is 4.61. The second-order valence-corrected chi connectivity index (χ2v) is 2.75. The van der Waals surface area contributed by atoms with Gasteiger partial charge in [0.25, 0.3) is 0 Å². The molecule has 1 heteroatoms. The van der Waals surface area contributed by atoms with E-state index in [1.807, 2.05) is 6.08 Å². The molecule has 0 atom stereocenters. The molecule has 0 spiro atoms. The zero-order valence-electron chi connectivity index (χ0n) is 7.75. The van der Waals surface area contributed by atoms with Gasteiger partial charge < -0.3 is 0 Å². The minimum atomic E-state index is 1.11. The van der Waals surface area contributed by atoms with Gasteiger partial charge >= 0.3 is 0 Å². The molecule has 0 rings (SSSR count). The highest BCUT2D eigenvalue weighted by atomic mass is 16.1. The van der Waals surface area contributed by atoms with Gasteiger partial charge in [-0.25, -0.2) is 0 Å². The fourth-order valence-corrected chi connectivity index (χ4v) is 0.959. The van der Waals surface area contributed by atoms with E-state index in [0.717, 1.165) is 6.42 Å². The van der Waals surface area contributed by atoms with Gasteiger partial charge in [-0.3, -0.25) is 4.79 Å². The van der Waals surface area contributed by atoms with Gasteiger partial charge in [0.2, 0.25) is 6.29 Å². The summed E-state index contributed by atoms with van der Waals surface area (Å²) in [6, 6.07) is 0. The largest absolute Gasteiger partial charge is 0.286 e. The standard InChI is InChI=1S/C11H17O/c1-2-3-4-5-6-7-8-9-10-11-12/h7-10H,2-6H2,1H3/b8-7+,10-9+. The van der Waals surface area contributed by atoms with Gasteiger partial charge in [0.15, 0.2) is 0 Å². The van der Waals surface area contributed by atoms with Crippen LogP contribution in [0.4, 0.5) is 0 Å². The molecule has 0 N–H and O–H groups in total. The predicted molar refractivity (Wildman–Crippen MR) is 52.7 cm³/mol. The van der Waals surface area contributed by atoms with Crippen LogP contribution in [0.1, 0.15) is 39.0 Å². The third kappa shape index (κ3) is 9.15. The van der Waals surface area contributed by atoms with E-state index in [9.17, 15) is 4.79 Å². The van der Waals surface area contributed by atoms with Crippen molar-refractivity contribution in [1.82, 2.24) is 0 Å². The van der Waals surface area contributed by atoms with E-state index in [2.05, 4.69) is 13.0 Å². The van der Waals surface area contributed by atoms with Crippen LogP contribution >= 0.6 is 0 Å². The molecule has 0 amide bonds. The number of hydrogen-bond acceptors (Lipinski definition) is 1. The highest BCUT2D eigenvalue weighted by Gasteiger charge is 1.82. The first-order valence-corrected chi connectivity index (χ1v) is 4.61. The van der Waals surface area contributed by atoms with Gasteiger partial charge in [0.05, 0.1) is 0 Å². The minimum absolute atomic E-state index is 1.11. The number of allylic oxidation sites excluding steroid dienone is 4. The first kappa shape index (κ1) is 11.2. The number of unbranched alkanes of at least 4 members (excludes halogenated alkanes) is 4. The second kappa shape index (κ2) is 10.2. The Labute approximate surface area is 75.2 Å². The number of hydrogen-bond donors (Lipinski definition) is 0. The summed E-state index contributed by atoms with van der Waals surface area (Å²) in [5.41, 5.74) is 0. The van der Waals surface area contributed by atoms with E-state index < -0.39 is 0 Å². The SMILES string of the molecule is CCCCCC/C=C/C=C/[C]=O. The summed E-state index contributed by atoms with van der Waals surface area (Å²) in [6.45, 7) is 2.21. The first-order chi connectivity index (χ1) is 5.91. The Bertz CT molecular complexity index is 145. The van der Waals surface area contributed by atoms with Crippen LogP contribution in [0.2, 0.25) is 0 Å². The molecule has 12 heavy (non-hydrogen) atoms. The normalized spacial score (nSPS) is 11.4. The molecule has 0 fully saturated rings. The molecule has 1 radical (unpaired) electrons. The minimum Gasteiger partial charge on any atom is -0.286 e. The lowest BCUT2D eigenvalue weighted by Gasteiger charge is -1.92. The fourth-order valence-electron chi connectivity index (χ4n) is 0.959. The third-order valence-corrected chi connectivity index (χ3v) is 1.64. The lowest BCUT2D eigenvalue weighted by Crippen LogP contribution is -1.73. The van der Waals surface area contributed by atoms with E-state index in [1.54, 1.807) is 12.4 Å². The van der Waals surface area contributed by atoms with Gasteiger partial charge in [0.1, 0.15) is 0 Å². The van der Waals surface area contributed by atoms with Crippen LogP contribution in [0.5, 0.6) is 0 Å². The molecule has 0 aliphatic heterocycles. The average molecular weight is 165 g/mol. The van der Waals surface area contributed by atoms with Crippen molar-refractivity contribution in [3.63, 3.8) is 0 Å². The van der Waals surface area contributed by atoms with E-state index in [0.29, 0.717) is 0 Å². The van der Waals surface area contributed by atoms with E-state index in [4.69, 9.17) is 0 Å². The average Bonchev–Trinajstić information content (AvgIpc) is 2.10. The maximum atomic E-state index is 9.73. The lowest BCUT2D eigenvalue weighted by atomic mass is 10.1. The summed E-state index contributed by atoms with van der Waals surface area (Å²) < 4.78 is 0. The van der Waals surface area contributed by atoms with Crippen molar-refractivity contribution in [3.8, 4) is 0 Å². The molecule has 0 aromatic heterocycles. The highest BCUT2D eigenvalue weighted by molar-refractivity contribution is 5.66. The second-order valence-electron chi connectivity index (χ2n) is 2.75. The molecule has 0 bridgehead atoms. The Kier molecular flexibility index (Phi) is 9.43. The van der Waals surface area contributed by atoms with Gasteiger partial charge in [-0.05, 0) is 18.9 Å². The van der Waals surface area contributed by atoms with Crippen LogP contribution in [0.25, 0.3) is 0 Å². The topological polar surface area (TPSA) is 17.1 Å². The van der Waals surface area contributed by atoms with Crippen molar-refractivity contribution >= 4 is 6.29 Å². The third-order valence-electron chi connectivity index (χ3n) is 1.64. The Morgan fingerprint density at radius 1 is 1.17 bits per heavy atom. The van der Waals surface area contributed by atoms with Crippen molar-refractivity contribution in [2.75, 3.05) is 0 Å². The summed E-state index contributed by atoms with van der Waals surface area (Å²) in [7, 11) is 0. The van der Waals surface area contributed by atoms with Gasteiger partial charge in [-0.2, -0.15) is 0 Å². The Hall–Kier alpha value is -0.850. The lowest BCUT2D eigenvalue weighted by molar-refractivity contribution is 0.564. The quantitative estimate of drug-likeness (QED) is 0.321. The molecule has 0 aromatic carbocycles.